The SMILES string of the molecule is O=c1[se]c2ccccc2n1CCN1CCCC1. The summed E-state index contributed by atoms with van der Waals surface area (Å²) in [6.07, 6.45) is 2.63. The summed E-state index contributed by atoms with van der Waals surface area (Å²) in [5.74, 6) is 0. The number of para-hydroxylation sites is 1. The molecular weight excluding hydrogens is 279 g/mol. The first-order valence-corrected chi connectivity index (χ1v) is 7.86. The van der Waals surface area contributed by atoms with Gasteiger partial charge in [0.1, 0.15) is 0 Å². The topological polar surface area (TPSA) is 25.2 Å². The molecule has 1 fully saturated rings. The molecule has 1 aromatic heterocycles. The molecule has 0 saturated carbocycles. The van der Waals surface area contributed by atoms with Crippen LogP contribution in [0, 0.1) is 0 Å². The first-order valence-electron chi connectivity index (χ1n) is 6.15. The molecule has 3 nitrogen and oxygen atoms in total. The molecule has 0 radical (unpaired) electrons. The van der Waals surface area contributed by atoms with Crippen molar-refractivity contribution in [2.75, 3.05) is 19.6 Å². The van der Waals surface area contributed by atoms with E-state index in [0.717, 1.165) is 18.6 Å². The number of fused-ring (bicyclic) bond motifs is 1. The number of aromatic nitrogens is 1. The van der Waals surface area contributed by atoms with Gasteiger partial charge in [-0.3, -0.25) is 0 Å². The van der Waals surface area contributed by atoms with Gasteiger partial charge in [-0.1, -0.05) is 0 Å². The van der Waals surface area contributed by atoms with E-state index in [2.05, 4.69) is 17.0 Å². The quantitative estimate of drug-likeness (QED) is 0.794. The Balaban J connectivity index is 1.84. The van der Waals surface area contributed by atoms with E-state index in [9.17, 15) is 4.79 Å². The van der Waals surface area contributed by atoms with Crippen molar-refractivity contribution in [1.82, 2.24) is 9.47 Å². The summed E-state index contributed by atoms with van der Waals surface area (Å²) in [5, 5.41) is 0. The normalized spacial score (nSPS) is 16.9. The molecule has 0 aliphatic carbocycles. The summed E-state index contributed by atoms with van der Waals surface area (Å²) in [5.41, 5.74) is 1.15. The molecule has 90 valence electrons. The van der Waals surface area contributed by atoms with Crippen LogP contribution >= 0.6 is 0 Å². The standard InChI is InChI=1S/C13H16N2OSe/c16-13-15(10-9-14-7-3-4-8-14)11-5-1-2-6-12(11)17-13/h1-2,5-6H,3-4,7-10H2. The van der Waals surface area contributed by atoms with E-state index in [1.807, 2.05) is 16.7 Å². The maximum absolute atomic E-state index is 12.0. The molecule has 1 aliphatic heterocycles. The van der Waals surface area contributed by atoms with Gasteiger partial charge in [-0.05, 0) is 0 Å². The summed E-state index contributed by atoms with van der Waals surface area (Å²) < 4.78 is 3.54. The molecule has 1 aliphatic rings. The van der Waals surface area contributed by atoms with Gasteiger partial charge in [0.05, 0.1) is 0 Å². The summed E-state index contributed by atoms with van der Waals surface area (Å²) in [4.78, 5) is 14.4. The van der Waals surface area contributed by atoms with Gasteiger partial charge in [-0.25, -0.2) is 0 Å². The molecule has 0 N–H and O–H groups in total. The summed E-state index contributed by atoms with van der Waals surface area (Å²) in [6.45, 7) is 4.29. The third-order valence-electron chi connectivity index (χ3n) is 3.41. The van der Waals surface area contributed by atoms with Crippen LogP contribution in [0.5, 0.6) is 0 Å². The van der Waals surface area contributed by atoms with E-state index >= 15 is 0 Å². The minimum atomic E-state index is 0.00159. The Labute approximate surface area is 106 Å². The van der Waals surface area contributed by atoms with Crippen LogP contribution in [0.25, 0.3) is 9.78 Å². The zero-order valence-corrected chi connectivity index (χ0v) is 11.5. The Kier molecular flexibility index (Phi) is 3.19. The van der Waals surface area contributed by atoms with Crippen LogP contribution in [0.3, 0.4) is 0 Å². The van der Waals surface area contributed by atoms with Crippen LogP contribution in [0.4, 0.5) is 0 Å². The number of hydrogen-bond donors (Lipinski definition) is 0. The molecule has 4 heteroatoms. The molecule has 0 bridgehead atoms. The Morgan fingerprint density at radius 1 is 1.12 bits per heavy atom. The van der Waals surface area contributed by atoms with E-state index in [1.165, 1.54) is 30.2 Å². The number of hydrogen-bond acceptors (Lipinski definition) is 2. The predicted octanol–water partition coefficient (Wildman–Crippen LogP) is 1.15. The molecule has 1 aromatic carbocycles. The van der Waals surface area contributed by atoms with Crippen LogP contribution < -0.4 is 4.43 Å². The van der Waals surface area contributed by atoms with Crippen molar-refractivity contribution in [2.45, 2.75) is 19.4 Å². The Hall–Kier alpha value is -0.831. The van der Waals surface area contributed by atoms with Crippen LogP contribution in [-0.4, -0.2) is 43.6 Å². The molecule has 2 aromatic rings. The van der Waals surface area contributed by atoms with Crippen molar-refractivity contribution in [1.29, 1.82) is 0 Å². The van der Waals surface area contributed by atoms with Gasteiger partial charge >= 0.3 is 106 Å². The average molecular weight is 295 g/mol. The van der Waals surface area contributed by atoms with Gasteiger partial charge < -0.3 is 0 Å². The van der Waals surface area contributed by atoms with Crippen molar-refractivity contribution in [3.05, 3.63) is 33.5 Å². The number of likely N-dealkylation sites (tertiary alicyclic amines) is 1. The molecule has 0 amide bonds. The minimum absolute atomic E-state index is 0.00159. The van der Waals surface area contributed by atoms with E-state index in [-0.39, 0.29) is 14.5 Å². The molecule has 0 unspecified atom stereocenters. The second-order valence-corrected chi connectivity index (χ2v) is 6.62. The summed E-state index contributed by atoms with van der Waals surface area (Å²) in [6, 6.07) is 8.21. The van der Waals surface area contributed by atoms with E-state index in [1.54, 1.807) is 0 Å². The van der Waals surface area contributed by atoms with Crippen molar-refractivity contribution in [3.8, 4) is 0 Å². The van der Waals surface area contributed by atoms with Gasteiger partial charge in [-0.2, -0.15) is 0 Å². The molecule has 3 rings (SSSR count). The van der Waals surface area contributed by atoms with Crippen LogP contribution in [0.2, 0.25) is 0 Å². The van der Waals surface area contributed by atoms with Crippen LogP contribution in [-0.2, 0) is 6.54 Å². The molecule has 2 heterocycles. The molecule has 0 spiro atoms. The molecule has 0 atom stereocenters. The summed E-state index contributed by atoms with van der Waals surface area (Å²) in [7, 11) is 0. The molecular formula is C13H16N2OSe. The fourth-order valence-electron chi connectivity index (χ4n) is 2.47. The Morgan fingerprint density at radius 2 is 1.88 bits per heavy atom. The van der Waals surface area contributed by atoms with Gasteiger partial charge in [0.15, 0.2) is 0 Å². The van der Waals surface area contributed by atoms with Gasteiger partial charge in [0.2, 0.25) is 0 Å². The van der Waals surface area contributed by atoms with Crippen molar-refractivity contribution in [3.63, 3.8) is 0 Å². The molecule has 1 saturated heterocycles. The number of nitrogens with zero attached hydrogens (tertiary/aromatic N) is 2. The zero-order valence-electron chi connectivity index (χ0n) is 9.76. The Morgan fingerprint density at radius 3 is 2.71 bits per heavy atom. The third-order valence-corrected chi connectivity index (χ3v) is 5.43. The molecule has 17 heavy (non-hydrogen) atoms. The number of benzene rings is 1. The van der Waals surface area contributed by atoms with Gasteiger partial charge in [-0.15, -0.1) is 0 Å². The van der Waals surface area contributed by atoms with Gasteiger partial charge in [0, 0.05) is 0 Å². The maximum atomic E-state index is 12.0. The fourth-order valence-corrected chi connectivity index (χ4v) is 4.40. The fraction of sp³-hybridized carbons (Fsp3) is 0.462. The van der Waals surface area contributed by atoms with Crippen molar-refractivity contribution >= 4 is 24.3 Å². The van der Waals surface area contributed by atoms with Crippen molar-refractivity contribution < 1.29 is 0 Å². The average Bonchev–Trinajstić information content (AvgIpc) is 2.93. The van der Waals surface area contributed by atoms with Crippen LogP contribution in [0.15, 0.2) is 29.1 Å². The van der Waals surface area contributed by atoms with Crippen molar-refractivity contribution in [2.24, 2.45) is 0 Å². The van der Waals surface area contributed by atoms with Crippen LogP contribution in [0.1, 0.15) is 12.8 Å². The monoisotopic (exact) mass is 296 g/mol. The predicted molar refractivity (Wildman–Crippen MR) is 70.8 cm³/mol. The number of rotatable bonds is 3. The van der Waals surface area contributed by atoms with E-state index < -0.39 is 0 Å². The second-order valence-electron chi connectivity index (χ2n) is 4.54. The first kappa shape index (κ1) is 11.3. The zero-order chi connectivity index (χ0) is 11.7. The second kappa shape index (κ2) is 4.81. The first-order chi connectivity index (χ1) is 8.34. The summed E-state index contributed by atoms with van der Waals surface area (Å²) >= 11 is 0.00159. The van der Waals surface area contributed by atoms with E-state index in [4.69, 9.17) is 0 Å². The third kappa shape index (κ3) is 2.25. The Bertz CT molecular complexity index is 566. The van der Waals surface area contributed by atoms with Gasteiger partial charge in [0.25, 0.3) is 0 Å². The van der Waals surface area contributed by atoms with E-state index in [0.29, 0.717) is 4.43 Å².